The number of ether oxygens (including phenoxy) is 1. The number of benzene rings is 1. The molecule has 31 heavy (non-hydrogen) atoms. The Hall–Kier alpha value is -1.33. The molecule has 2 fully saturated rings. The third-order valence-corrected chi connectivity index (χ3v) is 7.45. The van der Waals surface area contributed by atoms with Crippen LogP contribution in [0.5, 0.6) is 5.75 Å². The van der Waals surface area contributed by atoms with Crippen LogP contribution in [0.3, 0.4) is 0 Å². The molecule has 0 saturated heterocycles. The van der Waals surface area contributed by atoms with E-state index in [0.717, 1.165) is 43.4 Å². The van der Waals surface area contributed by atoms with Gasteiger partial charge in [-0.15, -0.1) is 0 Å². The summed E-state index contributed by atoms with van der Waals surface area (Å²) in [6, 6.07) is 1.27. The van der Waals surface area contributed by atoms with Crippen molar-refractivity contribution < 1.29 is 26.7 Å². The molecule has 0 N–H and O–H groups in total. The van der Waals surface area contributed by atoms with Crippen LogP contribution in [0.2, 0.25) is 0 Å². The summed E-state index contributed by atoms with van der Waals surface area (Å²) in [6.45, 7) is 2.54. The molecule has 1 aromatic rings. The molecule has 3 rings (SSSR count). The van der Waals surface area contributed by atoms with Gasteiger partial charge in [0.25, 0.3) is 0 Å². The van der Waals surface area contributed by atoms with Gasteiger partial charge in [-0.05, 0) is 62.2 Å². The van der Waals surface area contributed by atoms with E-state index in [2.05, 4.69) is 6.92 Å². The first-order valence-electron chi connectivity index (χ1n) is 12.0. The van der Waals surface area contributed by atoms with Crippen LogP contribution in [0.15, 0.2) is 12.1 Å². The first-order chi connectivity index (χ1) is 14.8. The predicted molar refractivity (Wildman–Crippen MR) is 112 cm³/mol. The molecule has 2 saturated carbocycles. The van der Waals surface area contributed by atoms with Gasteiger partial charge in [-0.25, -0.2) is 8.78 Å². The molecule has 0 amide bonds. The molecule has 0 unspecified atom stereocenters. The molecule has 0 heterocycles. The predicted octanol–water partition coefficient (Wildman–Crippen LogP) is 8.56. The standard InChI is InChI=1S/C25H35F5O/c1-2-3-4-5-17-6-10-19(11-7-17)20-12-8-18(9-13-20)16-31-21-14-22(26)24(23(27)15-21)25(28,29)30/h14-15,17-20H,2-13,16H2,1H3. The average Bonchev–Trinajstić information content (AvgIpc) is 2.72. The van der Waals surface area contributed by atoms with Crippen molar-refractivity contribution in [2.45, 2.75) is 90.1 Å². The van der Waals surface area contributed by atoms with Gasteiger partial charge in [-0.1, -0.05) is 45.4 Å². The number of unbranched alkanes of at least 4 members (excludes halogenated alkanes) is 2. The summed E-state index contributed by atoms with van der Waals surface area (Å²) in [7, 11) is 0. The smallest absolute Gasteiger partial charge is 0.422 e. The molecule has 2 aliphatic carbocycles. The summed E-state index contributed by atoms with van der Waals surface area (Å²) in [5.74, 6) is -0.650. The quantitative estimate of drug-likeness (QED) is 0.287. The van der Waals surface area contributed by atoms with Crippen molar-refractivity contribution in [1.29, 1.82) is 0 Å². The molecule has 1 nitrogen and oxygen atoms in total. The maximum absolute atomic E-state index is 13.7. The minimum Gasteiger partial charge on any atom is -0.493 e. The van der Waals surface area contributed by atoms with E-state index in [1.54, 1.807) is 0 Å². The van der Waals surface area contributed by atoms with E-state index >= 15 is 0 Å². The van der Waals surface area contributed by atoms with E-state index in [1.807, 2.05) is 0 Å². The molecule has 0 spiro atoms. The van der Waals surface area contributed by atoms with Gasteiger partial charge in [0.1, 0.15) is 22.9 Å². The van der Waals surface area contributed by atoms with Crippen molar-refractivity contribution in [2.24, 2.45) is 23.7 Å². The molecule has 0 bridgehead atoms. The van der Waals surface area contributed by atoms with Gasteiger partial charge < -0.3 is 4.74 Å². The Morgan fingerprint density at radius 2 is 1.32 bits per heavy atom. The number of hydrogen-bond donors (Lipinski definition) is 0. The molecule has 1 aromatic carbocycles. The van der Waals surface area contributed by atoms with Crippen molar-refractivity contribution in [3.05, 3.63) is 29.3 Å². The molecule has 176 valence electrons. The second kappa shape index (κ2) is 11.0. The van der Waals surface area contributed by atoms with E-state index in [1.165, 1.54) is 51.4 Å². The van der Waals surface area contributed by atoms with Crippen molar-refractivity contribution in [3.8, 4) is 5.75 Å². The summed E-state index contributed by atoms with van der Waals surface area (Å²) in [5, 5.41) is 0. The van der Waals surface area contributed by atoms with E-state index in [0.29, 0.717) is 18.7 Å². The van der Waals surface area contributed by atoms with Crippen molar-refractivity contribution in [2.75, 3.05) is 6.61 Å². The molecular weight excluding hydrogens is 411 g/mol. The van der Waals surface area contributed by atoms with Crippen LogP contribution >= 0.6 is 0 Å². The fourth-order valence-corrected chi connectivity index (χ4v) is 5.58. The fraction of sp³-hybridized carbons (Fsp3) is 0.760. The van der Waals surface area contributed by atoms with E-state index in [9.17, 15) is 22.0 Å². The van der Waals surface area contributed by atoms with Crippen LogP contribution in [0.4, 0.5) is 22.0 Å². The Bertz CT molecular complexity index is 663. The highest BCUT2D eigenvalue weighted by Crippen LogP contribution is 2.42. The molecule has 0 aromatic heterocycles. The Balaban J connectivity index is 1.40. The highest BCUT2D eigenvalue weighted by molar-refractivity contribution is 5.32. The van der Waals surface area contributed by atoms with Crippen LogP contribution in [-0.4, -0.2) is 6.61 Å². The van der Waals surface area contributed by atoms with E-state index < -0.39 is 23.4 Å². The molecular formula is C25H35F5O. The zero-order chi connectivity index (χ0) is 22.4. The number of hydrogen-bond acceptors (Lipinski definition) is 1. The number of alkyl halides is 3. The lowest BCUT2D eigenvalue weighted by atomic mass is 9.69. The summed E-state index contributed by atoms with van der Waals surface area (Å²) in [6.07, 6.45) is 10.0. The average molecular weight is 447 g/mol. The van der Waals surface area contributed by atoms with Crippen LogP contribution in [0.1, 0.15) is 89.5 Å². The Morgan fingerprint density at radius 3 is 1.81 bits per heavy atom. The third-order valence-electron chi connectivity index (χ3n) is 7.45. The summed E-state index contributed by atoms with van der Waals surface area (Å²) in [4.78, 5) is 0. The van der Waals surface area contributed by atoms with E-state index in [4.69, 9.17) is 4.74 Å². The van der Waals surface area contributed by atoms with Gasteiger partial charge in [0.2, 0.25) is 0 Å². The van der Waals surface area contributed by atoms with Gasteiger partial charge in [-0.3, -0.25) is 0 Å². The van der Waals surface area contributed by atoms with Crippen molar-refractivity contribution in [1.82, 2.24) is 0 Å². The minimum atomic E-state index is -5.06. The topological polar surface area (TPSA) is 9.23 Å². The Morgan fingerprint density at radius 1 is 0.806 bits per heavy atom. The van der Waals surface area contributed by atoms with Crippen LogP contribution in [0.25, 0.3) is 0 Å². The lowest BCUT2D eigenvalue weighted by Gasteiger charge is -2.38. The molecule has 0 radical (unpaired) electrons. The maximum Gasteiger partial charge on any atom is 0.422 e. The first-order valence-corrected chi connectivity index (χ1v) is 12.0. The Labute approximate surface area is 182 Å². The van der Waals surface area contributed by atoms with E-state index in [-0.39, 0.29) is 11.7 Å². The second-order valence-corrected chi connectivity index (χ2v) is 9.63. The zero-order valence-corrected chi connectivity index (χ0v) is 18.5. The van der Waals surface area contributed by atoms with Crippen molar-refractivity contribution >= 4 is 0 Å². The lowest BCUT2D eigenvalue weighted by molar-refractivity contribution is -0.142. The van der Waals surface area contributed by atoms with Gasteiger partial charge in [0.15, 0.2) is 0 Å². The molecule has 2 aliphatic rings. The highest BCUT2D eigenvalue weighted by atomic mass is 19.4. The third kappa shape index (κ3) is 6.82. The fourth-order valence-electron chi connectivity index (χ4n) is 5.58. The monoisotopic (exact) mass is 446 g/mol. The summed E-state index contributed by atoms with van der Waals surface area (Å²) >= 11 is 0. The largest absolute Gasteiger partial charge is 0.493 e. The summed E-state index contributed by atoms with van der Waals surface area (Å²) < 4.78 is 70.9. The SMILES string of the molecule is CCCCCC1CCC(C2CCC(COc3cc(F)c(C(F)(F)F)c(F)c3)CC2)CC1. The summed E-state index contributed by atoms with van der Waals surface area (Å²) in [5.41, 5.74) is -1.86. The van der Waals surface area contributed by atoms with Crippen molar-refractivity contribution in [3.63, 3.8) is 0 Å². The second-order valence-electron chi connectivity index (χ2n) is 9.63. The van der Waals surface area contributed by atoms with Gasteiger partial charge in [0, 0.05) is 12.1 Å². The number of rotatable bonds is 8. The lowest BCUT2D eigenvalue weighted by Crippen LogP contribution is -2.27. The normalized spacial score (nSPS) is 27.3. The first kappa shape index (κ1) is 24.3. The Kier molecular flexibility index (Phi) is 8.63. The number of halogens is 5. The zero-order valence-electron chi connectivity index (χ0n) is 18.5. The van der Waals surface area contributed by atoms with Gasteiger partial charge >= 0.3 is 6.18 Å². The molecule has 6 heteroatoms. The van der Waals surface area contributed by atoms with Crippen LogP contribution < -0.4 is 4.74 Å². The minimum absolute atomic E-state index is 0.175. The molecule has 0 aliphatic heterocycles. The van der Waals surface area contributed by atoms with Crippen LogP contribution in [0, 0.1) is 35.3 Å². The highest BCUT2D eigenvalue weighted by Gasteiger charge is 2.38. The van der Waals surface area contributed by atoms with Crippen LogP contribution in [-0.2, 0) is 6.18 Å². The molecule has 0 atom stereocenters. The van der Waals surface area contributed by atoms with Gasteiger partial charge in [0.05, 0.1) is 6.61 Å². The van der Waals surface area contributed by atoms with Gasteiger partial charge in [-0.2, -0.15) is 13.2 Å². The maximum atomic E-state index is 13.7.